The van der Waals surface area contributed by atoms with Crippen LogP contribution in [-0.2, 0) is 11.2 Å². The number of rotatable bonds is 4. The third kappa shape index (κ3) is 2.47. The van der Waals surface area contributed by atoms with Crippen molar-refractivity contribution in [2.75, 3.05) is 6.54 Å². The molecule has 2 unspecified atom stereocenters. The Morgan fingerprint density at radius 1 is 1.38 bits per heavy atom. The molecule has 0 fully saturated rings. The van der Waals surface area contributed by atoms with Gasteiger partial charge in [0.25, 0.3) is 0 Å². The zero-order valence-electron chi connectivity index (χ0n) is 12.0. The van der Waals surface area contributed by atoms with Gasteiger partial charge in [0.05, 0.1) is 12.3 Å². The Morgan fingerprint density at radius 3 is 2.86 bits per heavy atom. The molecule has 3 rings (SSSR count). The lowest BCUT2D eigenvalue weighted by Gasteiger charge is -2.39. The molecule has 4 nitrogen and oxygen atoms in total. The van der Waals surface area contributed by atoms with Crippen molar-refractivity contribution < 1.29 is 14.3 Å². The fraction of sp³-hybridized carbons (Fsp3) is 0.353. The first-order valence-corrected chi connectivity index (χ1v) is 7.32. The van der Waals surface area contributed by atoms with Gasteiger partial charge in [-0.2, -0.15) is 0 Å². The summed E-state index contributed by atoms with van der Waals surface area (Å²) in [5.41, 5.74) is 2.04. The molecule has 1 aromatic heterocycles. The van der Waals surface area contributed by atoms with Crippen molar-refractivity contribution in [3.8, 4) is 0 Å². The SMILES string of the molecule is CCC(c1ccco1)N1CCc2ccccc2C1C(=O)O. The Labute approximate surface area is 124 Å². The van der Waals surface area contributed by atoms with Crippen LogP contribution in [-0.4, -0.2) is 22.5 Å². The molecule has 2 aromatic rings. The van der Waals surface area contributed by atoms with Crippen LogP contribution in [0.3, 0.4) is 0 Å². The number of carbonyl (C=O) groups is 1. The van der Waals surface area contributed by atoms with Gasteiger partial charge >= 0.3 is 5.97 Å². The second kappa shape index (κ2) is 5.74. The molecule has 0 bridgehead atoms. The van der Waals surface area contributed by atoms with Gasteiger partial charge in [0, 0.05) is 6.54 Å². The highest BCUT2D eigenvalue weighted by Gasteiger charge is 2.37. The molecular weight excluding hydrogens is 266 g/mol. The molecule has 1 aromatic carbocycles. The quantitative estimate of drug-likeness (QED) is 0.935. The lowest BCUT2D eigenvalue weighted by molar-refractivity contribution is -0.145. The van der Waals surface area contributed by atoms with E-state index in [1.165, 1.54) is 0 Å². The number of hydrogen-bond acceptors (Lipinski definition) is 3. The van der Waals surface area contributed by atoms with Crippen molar-refractivity contribution in [1.29, 1.82) is 0 Å². The summed E-state index contributed by atoms with van der Waals surface area (Å²) in [6.45, 7) is 2.79. The number of benzene rings is 1. The molecule has 21 heavy (non-hydrogen) atoms. The minimum Gasteiger partial charge on any atom is -0.480 e. The van der Waals surface area contributed by atoms with Crippen molar-refractivity contribution in [3.05, 3.63) is 59.5 Å². The zero-order chi connectivity index (χ0) is 14.8. The smallest absolute Gasteiger partial charge is 0.325 e. The standard InChI is InChI=1S/C17H19NO3/c1-2-14(15-8-5-11-21-15)18-10-9-12-6-3-4-7-13(12)16(18)17(19)20/h3-8,11,14,16H,2,9-10H2,1H3,(H,19,20). The average molecular weight is 285 g/mol. The van der Waals surface area contributed by atoms with E-state index in [1.54, 1.807) is 6.26 Å². The van der Waals surface area contributed by atoms with Gasteiger partial charge in [0.1, 0.15) is 11.8 Å². The number of carboxylic acid groups (broad SMARTS) is 1. The molecule has 2 heterocycles. The van der Waals surface area contributed by atoms with Crippen LogP contribution >= 0.6 is 0 Å². The third-order valence-corrected chi connectivity index (χ3v) is 4.21. The van der Waals surface area contributed by atoms with Crippen LogP contribution < -0.4 is 0 Å². The van der Waals surface area contributed by atoms with Gasteiger partial charge in [-0.05, 0) is 36.1 Å². The van der Waals surface area contributed by atoms with E-state index in [-0.39, 0.29) is 6.04 Å². The zero-order valence-corrected chi connectivity index (χ0v) is 12.0. The van der Waals surface area contributed by atoms with E-state index in [0.29, 0.717) is 0 Å². The summed E-state index contributed by atoms with van der Waals surface area (Å²) in [5.74, 6) is 0.0373. The van der Waals surface area contributed by atoms with Crippen molar-refractivity contribution in [2.45, 2.75) is 31.8 Å². The molecule has 0 saturated carbocycles. The summed E-state index contributed by atoms with van der Waals surface area (Å²) in [5, 5.41) is 9.73. The van der Waals surface area contributed by atoms with Crippen LogP contribution in [0.2, 0.25) is 0 Å². The fourth-order valence-corrected chi connectivity index (χ4v) is 3.28. The Balaban J connectivity index is 2.01. The van der Waals surface area contributed by atoms with Crippen LogP contribution in [0.25, 0.3) is 0 Å². The first kappa shape index (κ1) is 13.9. The summed E-state index contributed by atoms with van der Waals surface area (Å²) in [6, 6.07) is 11.0. The highest BCUT2D eigenvalue weighted by Crippen LogP contribution is 2.37. The molecule has 1 aliphatic rings. The Kier molecular flexibility index (Phi) is 3.80. The van der Waals surface area contributed by atoms with Crippen molar-refractivity contribution >= 4 is 5.97 Å². The summed E-state index contributed by atoms with van der Waals surface area (Å²) in [6.07, 6.45) is 3.34. The summed E-state index contributed by atoms with van der Waals surface area (Å²) in [4.78, 5) is 13.9. The average Bonchev–Trinajstić information content (AvgIpc) is 3.01. The highest BCUT2D eigenvalue weighted by atomic mass is 16.4. The van der Waals surface area contributed by atoms with E-state index in [4.69, 9.17) is 4.42 Å². The van der Waals surface area contributed by atoms with Gasteiger partial charge in [0.2, 0.25) is 0 Å². The topological polar surface area (TPSA) is 53.7 Å². The first-order valence-electron chi connectivity index (χ1n) is 7.32. The fourth-order valence-electron chi connectivity index (χ4n) is 3.28. The van der Waals surface area contributed by atoms with Gasteiger partial charge in [-0.15, -0.1) is 0 Å². The second-order valence-corrected chi connectivity index (χ2v) is 5.37. The lowest BCUT2D eigenvalue weighted by atomic mass is 9.90. The summed E-state index contributed by atoms with van der Waals surface area (Å²) >= 11 is 0. The Morgan fingerprint density at radius 2 is 2.19 bits per heavy atom. The molecule has 0 saturated heterocycles. The number of hydrogen-bond donors (Lipinski definition) is 1. The van der Waals surface area contributed by atoms with Crippen LogP contribution in [0, 0.1) is 0 Å². The molecule has 110 valence electrons. The number of aliphatic carboxylic acids is 1. The molecule has 0 amide bonds. The van der Waals surface area contributed by atoms with E-state index in [2.05, 4.69) is 6.92 Å². The number of furan rings is 1. The van der Waals surface area contributed by atoms with Crippen LogP contribution in [0.15, 0.2) is 47.1 Å². The Hall–Kier alpha value is -2.07. The third-order valence-electron chi connectivity index (χ3n) is 4.21. The largest absolute Gasteiger partial charge is 0.480 e. The molecule has 2 atom stereocenters. The second-order valence-electron chi connectivity index (χ2n) is 5.37. The highest BCUT2D eigenvalue weighted by molar-refractivity contribution is 5.76. The normalized spacial score (nSPS) is 20.0. The van der Waals surface area contributed by atoms with Gasteiger partial charge in [0.15, 0.2) is 0 Å². The number of carboxylic acids is 1. The summed E-state index contributed by atoms with van der Waals surface area (Å²) < 4.78 is 5.52. The minimum atomic E-state index is -0.799. The van der Waals surface area contributed by atoms with E-state index in [1.807, 2.05) is 41.3 Å². The first-order chi connectivity index (χ1) is 10.2. The molecule has 0 spiro atoms. The molecule has 0 aliphatic carbocycles. The molecule has 4 heteroatoms. The van der Waals surface area contributed by atoms with E-state index in [9.17, 15) is 9.90 Å². The molecule has 0 radical (unpaired) electrons. The predicted octanol–water partition coefficient (Wildman–Crippen LogP) is 3.41. The predicted molar refractivity (Wildman–Crippen MR) is 79.0 cm³/mol. The van der Waals surface area contributed by atoms with Gasteiger partial charge in [-0.3, -0.25) is 9.69 Å². The van der Waals surface area contributed by atoms with Crippen LogP contribution in [0.5, 0.6) is 0 Å². The number of nitrogens with zero attached hydrogens (tertiary/aromatic N) is 1. The van der Waals surface area contributed by atoms with Crippen molar-refractivity contribution in [1.82, 2.24) is 4.90 Å². The maximum absolute atomic E-state index is 11.8. The number of fused-ring (bicyclic) bond motifs is 1. The van der Waals surface area contributed by atoms with Crippen molar-refractivity contribution in [2.24, 2.45) is 0 Å². The molecule has 1 aliphatic heterocycles. The van der Waals surface area contributed by atoms with E-state index < -0.39 is 12.0 Å². The van der Waals surface area contributed by atoms with Gasteiger partial charge in [-0.1, -0.05) is 31.2 Å². The van der Waals surface area contributed by atoms with Crippen molar-refractivity contribution in [3.63, 3.8) is 0 Å². The van der Waals surface area contributed by atoms with Crippen LogP contribution in [0.1, 0.15) is 42.3 Å². The van der Waals surface area contributed by atoms with Gasteiger partial charge < -0.3 is 9.52 Å². The van der Waals surface area contributed by atoms with E-state index in [0.717, 1.165) is 36.3 Å². The maximum atomic E-state index is 11.8. The monoisotopic (exact) mass is 285 g/mol. The molecular formula is C17H19NO3. The maximum Gasteiger partial charge on any atom is 0.325 e. The minimum absolute atomic E-state index is 0.00513. The van der Waals surface area contributed by atoms with E-state index >= 15 is 0 Å². The van der Waals surface area contributed by atoms with Gasteiger partial charge in [-0.25, -0.2) is 0 Å². The summed E-state index contributed by atoms with van der Waals surface area (Å²) in [7, 11) is 0. The van der Waals surface area contributed by atoms with Crippen LogP contribution in [0.4, 0.5) is 0 Å². The Bertz CT molecular complexity index is 621. The lowest BCUT2D eigenvalue weighted by Crippen LogP contribution is -2.41. The molecule has 1 N–H and O–H groups in total.